The van der Waals surface area contributed by atoms with E-state index in [9.17, 15) is 0 Å². The van der Waals surface area contributed by atoms with Gasteiger partial charge in [-0.15, -0.1) is 10.2 Å². The minimum absolute atomic E-state index is 0.301. The second-order valence-electron chi connectivity index (χ2n) is 6.60. The van der Waals surface area contributed by atoms with Crippen molar-refractivity contribution in [1.29, 1.82) is 0 Å². The van der Waals surface area contributed by atoms with Crippen molar-refractivity contribution in [3.63, 3.8) is 0 Å². The fraction of sp³-hybridized carbons (Fsp3) is 0.333. The van der Waals surface area contributed by atoms with Crippen molar-refractivity contribution in [2.75, 3.05) is 7.11 Å². The summed E-state index contributed by atoms with van der Waals surface area (Å²) in [5, 5.41) is 10.3. The Balaban J connectivity index is 1.66. The molecule has 4 rings (SSSR count). The molecule has 1 aliphatic carbocycles. The first-order chi connectivity index (χ1) is 12.7. The van der Waals surface area contributed by atoms with Gasteiger partial charge < -0.3 is 9.47 Å². The summed E-state index contributed by atoms with van der Waals surface area (Å²) in [5.41, 5.74) is 3.33. The van der Waals surface area contributed by atoms with Gasteiger partial charge in [0.15, 0.2) is 11.5 Å². The van der Waals surface area contributed by atoms with Crippen LogP contribution < -0.4 is 9.47 Å². The molecule has 0 unspecified atom stereocenters. The molecule has 0 bridgehead atoms. The molecule has 0 spiro atoms. The van der Waals surface area contributed by atoms with E-state index < -0.39 is 0 Å². The van der Waals surface area contributed by atoms with Gasteiger partial charge in [-0.25, -0.2) is 0 Å². The standard InChI is InChI=1S/C21H22N2O2S/c1-14-22-23-21(26-14)17-7-5-6-15(12-17)16-10-11-19(24-2)20(13-16)25-18-8-3-4-9-18/h5-7,10-13,18H,3-4,8-9H2,1-2H3. The van der Waals surface area contributed by atoms with Crippen LogP contribution in [0.5, 0.6) is 11.5 Å². The summed E-state index contributed by atoms with van der Waals surface area (Å²) in [6.45, 7) is 1.97. The van der Waals surface area contributed by atoms with E-state index in [0.29, 0.717) is 6.10 Å². The summed E-state index contributed by atoms with van der Waals surface area (Å²) >= 11 is 1.61. The Kier molecular flexibility index (Phi) is 4.89. The van der Waals surface area contributed by atoms with Gasteiger partial charge in [0.2, 0.25) is 0 Å². The zero-order valence-electron chi connectivity index (χ0n) is 15.1. The van der Waals surface area contributed by atoms with Crippen LogP contribution >= 0.6 is 11.3 Å². The van der Waals surface area contributed by atoms with E-state index in [1.165, 1.54) is 12.8 Å². The molecular weight excluding hydrogens is 344 g/mol. The third-order valence-corrected chi connectivity index (χ3v) is 5.62. The van der Waals surface area contributed by atoms with Crippen molar-refractivity contribution in [2.45, 2.75) is 38.7 Å². The molecule has 26 heavy (non-hydrogen) atoms. The molecule has 0 N–H and O–H groups in total. The lowest BCUT2D eigenvalue weighted by Gasteiger charge is -2.17. The van der Waals surface area contributed by atoms with Crippen LogP contribution in [0.2, 0.25) is 0 Å². The summed E-state index contributed by atoms with van der Waals surface area (Å²) in [6, 6.07) is 14.5. The van der Waals surface area contributed by atoms with Crippen molar-refractivity contribution in [3.8, 4) is 33.2 Å². The van der Waals surface area contributed by atoms with Crippen LogP contribution in [0.1, 0.15) is 30.7 Å². The lowest BCUT2D eigenvalue weighted by molar-refractivity contribution is 0.201. The summed E-state index contributed by atoms with van der Waals surface area (Å²) in [7, 11) is 1.69. The number of rotatable bonds is 5. The molecule has 3 aromatic rings. The maximum Gasteiger partial charge on any atom is 0.162 e. The second-order valence-corrected chi connectivity index (χ2v) is 7.78. The van der Waals surface area contributed by atoms with Gasteiger partial charge in [0.1, 0.15) is 10.0 Å². The van der Waals surface area contributed by atoms with Crippen LogP contribution in [-0.2, 0) is 0 Å². The lowest BCUT2D eigenvalue weighted by Crippen LogP contribution is -2.11. The van der Waals surface area contributed by atoms with Gasteiger partial charge in [-0.1, -0.05) is 35.6 Å². The van der Waals surface area contributed by atoms with E-state index in [1.807, 2.05) is 13.0 Å². The Bertz CT molecular complexity index is 901. The number of ether oxygens (including phenoxy) is 2. The largest absolute Gasteiger partial charge is 0.493 e. The van der Waals surface area contributed by atoms with Gasteiger partial charge in [-0.05, 0) is 61.9 Å². The van der Waals surface area contributed by atoms with E-state index in [1.54, 1.807) is 18.4 Å². The van der Waals surface area contributed by atoms with E-state index in [0.717, 1.165) is 51.0 Å². The normalized spacial score (nSPS) is 14.5. The molecule has 4 nitrogen and oxygen atoms in total. The number of hydrogen-bond donors (Lipinski definition) is 0. The molecule has 1 fully saturated rings. The quantitative estimate of drug-likeness (QED) is 0.597. The van der Waals surface area contributed by atoms with Crippen molar-refractivity contribution in [1.82, 2.24) is 10.2 Å². The maximum absolute atomic E-state index is 6.23. The molecule has 0 aliphatic heterocycles. The van der Waals surface area contributed by atoms with Gasteiger partial charge in [0, 0.05) is 5.56 Å². The molecule has 0 amide bonds. The third-order valence-electron chi connectivity index (χ3n) is 4.73. The average molecular weight is 366 g/mol. The number of hydrogen-bond acceptors (Lipinski definition) is 5. The second kappa shape index (κ2) is 7.46. The first kappa shape index (κ1) is 17.0. The lowest BCUT2D eigenvalue weighted by atomic mass is 10.0. The van der Waals surface area contributed by atoms with Crippen LogP contribution in [0, 0.1) is 6.92 Å². The zero-order chi connectivity index (χ0) is 17.9. The predicted octanol–water partition coefficient (Wildman–Crippen LogP) is 5.51. The number of methoxy groups -OCH3 is 1. The SMILES string of the molecule is COc1ccc(-c2cccc(-c3nnc(C)s3)c2)cc1OC1CCCC1. The van der Waals surface area contributed by atoms with Gasteiger partial charge in [-0.2, -0.15) is 0 Å². The monoisotopic (exact) mass is 366 g/mol. The Labute approximate surface area is 157 Å². The third kappa shape index (κ3) is 3.58. The van der Waals surface area contributed by atoms with Gasteiger partial charge in [0.25, 0.3) is 0 Å². The van der Waals surface area contributed by atoms with Gasteiger partial charge in [-0.3, -0.25) is 0 Å². The summed E-state index contributed by atoms with van der Waals surface area (Å²) in [5.74, 6) is 1.62. The van der Waals surface area contributed by atoms with Crippen LogP contribution in [0.4, 0.5) is 0 Å². The Morgan fingerprint density at radius 1 is 0.923 bits per heavy atom. The highest BCUT2D eigenvalue weighted by Crippen LogP contribution is 2.36. The van der Waals surface area contributed by atoms with Crippen molar-refractivity contribution in [3.05, 3.63) is 47.5 Å². The summed E-state index contributed by atoms with van der Waals surface area (Å²) in [6.07, 6.45) is 5.04. The van der Waals surface area contributed by atoms with Crippen molar-refractivity contribution < 1.29 is 9.47 Å². The fourth-order valence-corrected chi connectivity index (χ4v) is 4.07. The van der Waals surface area contributed by atoms with Crippen molar-refractivity contribution >= 4 is 11.3 Å². The molecule has 0 saturated heterocycles. The molecule has 2 aromatic carbocycles. The van der Waals surface area contributed by atoms with Gasteiger partial charge >= 0.3 is 0 Å². The smallest absolute Gasteiger partial charge is 0.162 e. The van der Waals surface area contributed by atoms with Crippen LogP contribution in [0.3, 0.4) is 0 Å². The Morgan fingerprint density at radius 2 is 1.69 bits per heavy atom. The Morgan fingerprint density at radius 3 is 2.42 bits per heavy atom. The average Bonchev–Trinajstić information content (AvgIpc) is 3.33. The zero-order valence-corrected chi connectivity index (χ0v) is 15.9. The molecule has 5 heteroatoms. The van der Waals surface area contributed by atoms with E-state index in [2.05, 4.69) is 46.6 Å². The minimum atomic E-state index is 0.301. The number of aryl methyl sites for hydroxylation is 1. The maximum atomic E-state index is 6.23. The predicted molar refractivity (Wildman–Crippen MR) is 105 cm³/mol. The number of aromatic nitrogens is 2. The van der Waals surface area contributed by atoms with E-state index >= 15 is 0 Å². The van der Waals surface area contributed by atoms with Crippen molar-refractivity contribution in [2.24, 2.45) is 0 Å². The molecule has 134 valence electrons. The number of benzene rings is 2. The Hall–Kier alpha value is -2.40. The first-order valence-corrected chi connectivity index (χ1v) is 9.80. The highest BCUT2D eigenvalue weighted by atomic mass is 32.1. The van der Waals surface area contributed by atoms with E-state index in [-0.39, 0.29) is 0 Å². The molecule has 1 saturated carbocycles. The molecule has 0 radical (unpaired) electrons. The highest BCUT2D eigenvalue weighted by Gasteiger charge is 2.19. The van der Waals surface area contributed by atoms with Crippen LogP contribution in [0.15, 0.2) is 42.5 Å². The summed E-state index contributed by atoms with van der Waals surface area (Å²) in [4.78, 5) is 0. The molecule has 1 aromatic heterocycles. The molecular formula is C21H22N2O2S. The van der Waals surface area contributed by atoms with Gasteiger partial charge in [0.05, 0.1) is 13.2 Å². The first-order valence-electron chi connectivity index (χ1n) is 8.98. The summed E-state index contributed by atoms with van der Waals surface area (Å²) < 4.78 is 11.7. The highest BCUT2D eigenvalue weighted by molar-refractivity contribution is 7.14. The topological polar surface area (TPSA) is 44.2 Å². The van der Waals surface area contributed by atoms with Crippen LogP contribution in [0.25, 0.3) is 21.7 Å². The number of nitrogens with zero attached hydrogens (tertiary/aromatic N) is 2. The molecule has 1 aliphatic rings. The van der Waals surface area contributed by atoms with E-state index in [4.69, 9.17) is 9.47 Å². The fourth-order valence-electron chi connectivity index (χ4n) is 3.38. The van der Waals surface area contributed by atoms with Crippen LogP contribution in [-0.4, -0.2) is 23.4 Å². The minimum Gasteiger partial charge on any atom is -0.493 e. The molecule has 1 heterocycles. The molecule has 0 atom stereocenters.